The van der Waals surface area contributed by atoms with Crippen molar-refractivity contribution in [1.82, 2.24) is 0 Å². The lowest BCUT2D eigenvalue weighted by molar-refractivity contribution is 0.737. The lowest BCUT2D eigenvalue weighted by atomic mass is 10.3. The van der Waals surface area contributed by atoms with Crippen molar-refractivity contribution in [3.8, 4) is 12.8 Å². The minimum absolute atomic E-state index is 0.579. The van der Waals surface area contributed by atoms with Crippen LogP contribution in [0.4, 0.5) is 0 Å². The largest absolute Gasteiger partial charge is 0.176 e. The smallest absolute Gasteiger partial charge is 0.00142 e. The Morgan fingerprint density at radius 1 is 0.619 bits per heavy atom. The third-order valence-corrected chi connectivity index (χ3v) is 0.956. The number of terminal acetylenes is 1. The van der Waals surface area contributed by atoms with E-state index in [0.29, 0.717) is 5.25 Å². The van der Waals surface area contributed by atoms with Crippen molar-refractivity contribution in [2.45, 2.75) is 116 Å². The van der Waals surface area contributed by atoms with Gasteiger partial charge in [-0.3, -0.25) is 0 Å². The molecule has 0 fully saturated rings. The van der Waals surface area contributed by atoms with E-state index in [1.54, 1.807) is 0 Å². The molecule has 0 aromatic heterocycles. The molecule has 0 heterocycles. The molecule has 0 aromatic rings. The molecular formula is C20H52S. The molecule has 1 unspecified atom stereocenters. The van der Waals surface area contributed by atoms with Gasteiger partial charge in [0.2, 0.25) is 0 Å². The second kappa shape index (κ2) is 149. The highest BCUT2D eigenvalue weighted by Gasteiger charge is 1.81. The van der Waals surface area contributed by atoms with Crippen LogP contribution in [-0.2, 0) is 0 Å². The summed E-state index contributed by atoms with van der Waals surface area (Å²) in [7, 11) is 0. The molecule has 0 saturated heterocycles. The molecule has 0 aliphatic heterocycles. The van der Waals surface area contributed by atoms with Crippen LogP contribution in [0.3, 0.4) is 0 Å². The van der Waals surface area contributed by atoms with Crippen LogP contribution in [0, 0.1) is 18.8 Å². The molecule has 0 N–H and O–H groups in total. The molecule has 0 bridgehead atoms. The first-order chi connectivity index (χ1) is 10.0. The monoisotopic (exact) mass is 324 g/mol. The summed E-state index contributed by atoms with van der Waals surface area (Å²) in [4.78, 5) is 0. The molecule has 0 saturated carbocycles. The van der Waals surface area contributed by atoms with E-state index in [1.165, 1.54) is 6.42 Å². The first kappa shape index (κ1) is 49.7. The van der Waals surface area contributed by atoms with E-state index in [-0.39, 0.29) is 0 Å². The fourth-order valence-corrected chi connectivity index (χ4v) is 0. The van der Waals surface area contributed by atoms with Gasteiger partial charge in [0, 0.05) is 0 Å². The molecular weight excluding hydrogens is 272 g/mol. The van der Waals surface area contributed by atoms with Gasteiger partial charge in [-0.05, 0) is 17.6 Å². The summed E-state index contributed by atoms with van der Waals surface area (Å²) in [6.07, 6.45) is 9.17. The minimum Gasteiger partial charge on any atom is -0.176 e. The van der Waals surface area contributed by atoms with Crippen LogP contribution in [0.5, 0.6) is 0 Å². The van der Waals surface area contributed by atoms with Crippen LogP contribution < -0.4 is 0 Å². The summed E-state index contributed by atoms with van der Waals surface area (Å²) in [5, 5.41) is 0.579. The van der Waals surface area contributed by atoms with Gasteiger partial charge in [-0.1, -0.05) is 104 Å². The fourth-order valence-electron chi connectivity index (χ4n) is 0. The van der Waals surface area contributed by atoms with Crippen LogP contribution in [0.15, 0.2) is 0 Å². The molecule has 0 rings (SSSR count). The number of hydrogen-bond acceptors (Lipinski definition) is 1. The van der Waals surface area contributed by atoms with Crippen LogP contribution >= 0.6 is 12.6 Å². The molecule has 0 aliphatic carbocycles. The zero-order chi connectivity index (χ0) is 19.9. The highest BCUT2D eigenvalue weighted by Crippen LogP contribution is 1.94. The lowest BCUT2D eigenvalue weighted by Gasteiger charge is -1.89. The van der Waals surface area contributed by atoms with Gasteiger partial charge < -0.3 is 0 Å². The summed E-state index contributed by atoms with van der Waals surface area (Å²) in [6.45, 7) is 30.7. The first-order valence-corrected chi connectivity index (χ1v) is 9.53. The normalized spacial score (nSPS) is 6.81. The van der Waals surface area contributed by atoms with Crippen LogP contribution in [0.1, 0.15) is 110 Å². The molecule has 138 valence electrons. The predicted octanol–water partition coefficient (Wildman–Crippen LogP) is 8.76. The third-order valence-electron chi connectivity index (χ3n) is 0.591. The van der Waals surface area contributed by atoms with Gasteiger partial charge in [-0.25, -0.2) is 0 Å². The number of rotatable bonds is 1. The molecule has 0 radical (unpaired) electrons. The van der Waals surface area contributed by atoms with Gasteiger partial charge in [-0.15, -0.1) is 12.8 Å². The van der Waals surface area contributed by atoms with Gasteiger partial charge in [0.1, 0.15) is 0 Å². The SMILES string of the molecule is C#C.CC.CC.CC.CC.CC.CC(C)C.CCC(C)S. The minimum atomic E-state index is 0.579. The van der Waals surface area contributed by atoms with E-state index in [0.717, 1.165) is 5.92 Å². The van der Waals surface area contributed by atoms with Crippen LogP contribution in [0.2, 0.25) is 0 Å². The van der Waals surface area contributed by atoms with Crippen LogP contribution in [0.25, 0.3) is 0 Å². The van der Waals surface area contributed by atoms with Gasteiger partial charge in [0.25, 0.3) is 0 Å². The van der Waals surface area contributed by atoms with E-state index >= 15 is 0 Å². The van der Waals surface area contributed by atoms with Crippen LogP contribution in [-0.4, -0.2) is 5.25 Å². The van der Waals surface area contributed by atoms with E-state index in [1.807, 2.05) is 69.2 Å². The third kappa shape index (κ3) is 1750. The van der Waals surface area contributed by atoms with E-state index in [2.05, 4.69) is 60.1 Å². The van der Waals surface area contributed by atoms with E-state index in [9.17, 15) is 0 Å². The quantitative estimate of drug-likeness (QED) is 0.361. The maximum atomic E-state index is 4.10. The Balaban J connectivity index is -0.0000000161. The average molecular weight is 325 g/mol. The van der Waals surface area contributed by atoms with Crippen molar-refractivity contribution >= 4 is 12.6 Å². The Morgan fingerprint density at radius 3 is 0.667 bits per heavy atom. The van der Waals surface area contributed by atoms with Gasteiger partial charge in [-0.2, -0.15) is 12.6 Å². The maximum absolute atomic E-state index is 4.10. The van der Waals surface area contributed by atoms with Crippen molar-refractivity contribution in [2.24, 2.45) is 5.92 Å². The maximum Gasteiger partial charge on any atom is -0.00142 e. The second-order valence-electron chi connectivity index (χ2n) is 2.99. The summed E-state index contributed by atoms with van der Waals surface area (Å²) in [6, 6.07) is 0. The zero-order valence-corrected chi connectivity index (χ0v) is 19.4. The molecule has 1 atom stereocenters. The van der Waals surface area contributed by atoms with E-state index < -0.39 is 0 Å². The van der Waals surface area contributed by atoms with Gasteiger partial charge in [0.05, 0.1) is 0 Å². The van der Waals surface area contributed by atoms with Crippen molar-refractivity contribution < 1.29 is 0 Å². The van der Waals surface area contributed by atoms with Crippen molar-refractivity contribution in [1.29, 1.82) is 0 Å². The molecule has 0 aliphatic rings. The second-order valence-corrected chi connectivity index (χ2v) is 3.87. The number of hydrogen-bond donors (Lipinski definition) is 1. The highest BCUT2D eigenvalue weighted by molar-refractivity contribution is 7.80. The fraction of sp³-hybridized carbons (Fsp3) is 0.900. The standard InChI is InChI=1S/C4H10S.C4H10.5C2H6.C2H2/c1-3-4(2)5;1-4(2)3;6*1-2/h4-5H,3H2,1-2H3;4H,1-3H3;5*1-2H3;1-2H. The zero-order valence-electron chi connectivity index (χ0n) is 18.5. The predicted molar refractivity (Wildman–Crippen MR) is 116 cm³/mol. The average Bonchev–Trinajstić information content (AvgIpc) is 2.58. The Hall–Kier alpha value is -0.0900. The first-order valence-electron chi connectivity index (χ1n) is 9.02. The topological polar surface area (TPSA) is 0 Å². The summed E-state index contributed by atoms with van der Waals surface area (Å²) >= 11 is 4.10. The Labute approximate surface area is 147 Å². The van der Waals surface area contributed by atoms with Crippen molar-refractivity contribution in [3.63, 3.8) is 0 Å². The molecule has 21 heavy (non-hydrogen) atoms. The van der Waals surface area contributed by atoms with Gasteiger partial charge in [0.15, 0.2) is 0 Å². The van der Waals surface area contributed by atoms with Crippen molar-refractivity contribution in [2.75, 3.05) is 0 Å². The Morgan fingerprint density at radius 2 is 0.667 bits per heavy atom. The molecule has 0 spiro atoms. The Bertz CT molecular complexity index is 60.7. The molecule has 0 nitrogen and oxygen atoms in total. The summed E-state index contributed by atoms with van der Waals surface area (Å²) in [5.74, 6) is 0.833. The number of thiol groups is 1. The highest BCUT2D eigenvalue weighted by atomic mass is 32.1. The lowest BCUT2D eigenvalue weighted by Crippen LogP contribution is -1.81. The molecule has 0 amide bonds. The Kier molecular flexibility index (Phi) is 353. The van der Waals surface area contributed by atoms with E-state index in [4.69, 9.17) is 0 Å². The van der Waals surface area contributed by atoms with Gasteiger partial charge >= 0.3 is 0 Å². The molecule has 1 heteroatoms. The summed E-state index contributed by atoms with van der Waals surface area (Å²) < 4.78 is 0. The molecule has 0 aromatic carbocycles. The van der Waals surface area contributed by atoms with Crippen molar-refractivity contribution in [3.05, 3.63) is 0 Å². The summed E-state index contributed by atoms with van der Waals surface area (Å²) in [5.41, 5.74) is 0.